The maximum absolute atomic E-state index is 11.9. The van der Waals surface area contributed by atoms with E-state index >= 15 is 0 Å². The molecule has 0 spiro atoms. The van der Waals surface area contributed by atoms with Crippen LogP contribution in [-0.4, -0.2) is 67.5 Å². The van der Waals surface area contributed by atoms with Crippen molar-refractivity contribution in [1.29, 1.82) is 0 Å². The Balaban J connectivity index is 1.81. The van der Waals surface area contributed by atoms with Gasteiger partial charge in [-0.3, -0.25) is 9.69 Å². The number of hydrogen-bond donors (Lipinski definition) is 2. The summed E-state index contributed by atoms with van der Waals surface area (Å²) in [4.78, 5) is 12.9. The van der Waals surface area contributed by atoms with E-state index in [1.165, 1.54) is 17.1 Å². The van der Waals surface area contributed by atoms with Gasteiger partial charge in [-0.1, -0.05) is 6.92 Å². The molecule has 0 bridgehead atoms. The van der Waals surface area contributed by atoms with Crippen molar-refractivity contribution in [1.82, 2.24) is 13.9 Å². The van der Waals surface area contributed by atoms with Gasteiger partial charge in [0, 0.05) is 32.2 Å². The van der Waals surface area contributed by atoms with Gasteiger partial charge in [-0.25, -0.2) is 0 Å². The topological polar surface area (TPSA) is 90.0 Å². The van der Waals surface area contributed by atoms with Gasteiger partial charge in [0.05, 0.1) is 6.54 Å². The molecule has 0 saturated heterocycles. The lowest BCUT2D eigenvalue weighted by molar-refractivity contribution is -0.139. The van der Waals surface area contributed by atoms with Gasteiger partial charge in [0.2, 0.25) is 0 Å². The quantitative estimate of drug-likeness (QED) is 0.629. The fourth-order valence-electron chi connectivity index (χ4n) is 2.60. The molecular formula is C13H25N3O4S. The number of nitrogens with one attached hydrogen (secondary N) is 1. The number of nitrogens with zero attached hydrogens (tertiary/aromatic N) is 2. The van der Waals surface area contributed by atoms with E-state index in [1.54, 1.807) is 14.0 Å². The second-order valence-corrected chi connectivity index (χ2v) is 7.93. The summed E-state index contributed by atoms with van der Waals surface area (Å²) in [6.45, 7) is 3.09. The van der Waals surface area contributed by atoms with Crippen LogP contribution in [0.15, 0.2) is 0 Å². The second-order valence-electron chi connectivity index (χ2n) is 6.13. The molecule has 7 nitrogen and oxygen atoms in total. The Morgan fingerprint density at radius 2 is 1.95 bits per heavy atom. The lowest BCUT2D eigenvalue weighted by atomic mass is 9.86. The first-order chi connectivity index (χ1) is 9.81. The molecule has 2 rings (SSSR count). The Morgan fingerprint density at radius 3 is 2.43 bits per heavy atom. The highest BCUT2D eigenvalue weighted by Crippen LogP contribution is 2.33. The Morgan fingerprint density at radius 1 is 1.33 bits per heavy atom. The zero-order valence-corrected chi connectivity index (χ0v) is 13.5. The molecule has 0 aromatic rings. The summed E-state index contributed by atoms with van der Waals surface area (Å²) in [6, 6.07) is 0.103. The highest BCUT2D eigenvalue weighted by Gasteiger charge is 2.39. The molecule has 0 heterocycles. The molecule has 2 fully saturated rings. The molecule has 2 aliphatic rings. The van der Waals surface area contributed by atoms with E-state index in [2.05, 4.69) is 4.72 Å². The molecule has 0 amide bonds. The second kappa shape index (κ2) is 6.60. The number of carboxylic acid groups (broad SMARTS) is 1. The van der Waals surface area contributed by atoms with Crippen LogP contribution in [0.2, 0.25) is 0 Å². The van der Waals surface area contributed by atoms with E-state index in [9.17, 15) is 13.2 Å². The Bertz CT molecular complexity index is 472. The van der Waals surface area contributed by atoms with E-state index < -0.39 is 16.2 Å². The van der Waals surface area contributed by atoms with Gasteiger partial charge >= 0.3 is 5.97 Å². The third-order valence-electron chi connectivity index (χ3n) is 4.33. The summed E-state index contributed by atoms with van der Waals surface area (Å²) >= 11 is 0. The average Bonchev–Trinajstić information content (AvgIpc) is 3.14. The summed E-state index contributed by atoms with van der Waals surface area (Å²) < 4.78 is 27.8. The molecule has 8 heteroatoms. The van der Waals surface area contributed by atoms with Gasteiger partial charge in [0.1, 0.15) is 0 Å². The van der Waals surface area contributed by atoms with Crippen LogP contribution in [0.1, 0.15) is 32.6 Å². The minimum absolute atomic E-state index is 0.0511. The Hall–Kier alpha value is -0.700. The molecule has 2 saturated carbocycles. The van der Waals surface area contributed by atoms with Crippen molar-refractivity contribution in [2.24, 2.45) is 5.92 Å². The van der Waals surface area contributed by atoms with Crippen LogP contribution in [0.5, 0.6) is 0 Å². The maximum Gasteiger partial charge on any atom is 0.317 e. The first-order valence-corrected chi connectivity index (χ1v) is 8.95. The summed E-state index contributed by atoms with van der Waals surface area (Å²) in [6.07, 6.45) is 3.74. The minimum atomic E-state index is -3.40. The zero-order valence-electron chi connectivity index (χ0n) is 12.7. The lowest BCUT2D eigenvalue weighted by Gasteiger charge is -2.42. The third-order valence-corrected chi connectivity index (χ3v) is 6.04. The van der Waals surface area contributed by atoms with Gasteiger partial charge in [0.15, 0.2) is 0 Å². The van der Waals surface area contributed by atoms with Crippen molar-refractivity contribution in [3.05, 3.63) is 0 Å². The van der Waals surface area contributed by atoms with E-state index in [0.717, 1.165) is 6.54 Å². The van der Waals surface area contributed by atoms with Crippen LogP contribution in [0.25, 0.3) is 0 Å². The number of hydrogen-bond acceptors (Lipinski definition) is 4. The van der Waals surface area contributed by atoms with Crippen LogP contribution in [-0.2, 0) is 15.0 Å². The molecule has 0 aliphatic heterocycles. The van der Waals surface area contributed by atoms with Crippen molar-refractivity contribution in [2.75, 3.05) is 26.7 Å². The smallest absolute Gasteiger partial charge is 0.317 e. The summed E-state index contributed by atoms with van der Waals surface area (Å²) in [5.41, 5.74) is 0. The van der Waals surface area contributed by atoms with Gasteiger partial charge in [-0.2, -0.15) is 17.4 Å². The fraction of sp³-hybridized carbons (Fsp3) is 0.923. The zero-order chi connectivity index (χ0) is 15.6. The van der Waals surface area contributed by atoms with E-state index in [-0.39, 0.29) is 18.6 Å². The predicted molar refractivity (Wildman–Crippen MR) is 79.1 cm³/mol. The monoisotopic (exact) mass is 319 g/mol. The van der Waals surface area contributed by atoms with Crippen molar-refractivity contribution in [3.8, 4) is 0 Å². The van der Waals surface area contributed by atoms with E-state index in [1.807, 2.05) is 4.90 Å². The average molecular weight is 319 g/mol. The van der Waals surface area contributed by atoms with E-state index in [4.69, 9.17) is 5.11 Å². The molecule has 0 aromatic heterocycles. The molecule has 2 aliphatic carbocycles. The summed E-state index contributed by atoms with van der Waals surface area (Å²) in [5, 5.41) is 8.98. The molecule has 0 radical (unpaired) electrons. The van der Waals surface area contributed by atoms with Gasteiger partial charge in [0.25, 0.3) is 10.2 Å². The van der Waals surface area contributed by atoms with Crippen molar-refractivity contribution >= 4 is 16.2 Å². The number of rotatable bonds is 9. The summed E-state index contributed by atoms with van der Waals surface area (Å²) in [5.74, 6) is -0.184. The van der Waals surface area contributed by atoms with Crippen LogP contribution in [0.4, 0.5) is 0 Å². The van der Waals surface area contributed by atoms with Crippen molar-refractivity contribution < 1.29 is 18.3 Å². The van der Waals surface area contributed by atoms with Crippen LogP contribution < -0.4 is 4.72 Å². The van der Waals surface area contributed by atoms with Crippen LogP contribution >= 0.6 is 0 Å². The van der Waals surface area contributed by atoms with Gasteiger partial charge in [-0.05, 0) is 31.6 Å². The Kier molecular flexibility index (Phi) is 5.24. The van der Waals surface area contributed by atoms with Gasteiger partial charge < -0.3 is 5.11 Å². The molecule has 2 N–H and O–H groups in total. The van der Waals surface area contributed by atoms with Crippen LogP contribution in [0, 0.1) is 5.92 Å². The van der Waals surface area contributed by atoms with Crippen molar-refractivity contribution in [2.45, 2.75) is 44.7 Å². The Labute approximate surface area is 126 Å². The van der Waals surface area contributed by atoms with Gasteiger partial charge in [-0.15, -0.1) is 0 Å². The standard InChI is InChI=1S/C13H25N3O4S/c1-3-15(2)21(19,20)14-11-6-12(7-11)16(9-13(17)18)8-10-4-5-10/h10-12,14H,3-9H2,1-2H3,(H,17,18). The number of carbonyl (C=O) groups is 1. The third kappa shape index (κ3) is 4.64. The first-order valence-electron chi connectivity index (χ1n) is 7.51. The van der Waals surface area contributed by atoms with E-state index in [0.29, 0.717) is 25.3 Å². The molecular weight excluding hydrogens is 294 g/mol. The maximum atomic E-state index is 11.9. The normalized spacial score (nSPS) is 26.1. The molecule has 0 unspecified atom stereocenters. The molecule has 21 heavy (non-hydrogen) atoms. The fourth-order valence-corrected chi connectivity index (χ4v) is 3.73. The molecule has 0 aromatic carbocycles. The highest BCUT2D eigenvalue weighted by atomic mass is 32.2. The molecule has 0 atom stereocenters. The lowest BCUT2D eigenvalue weighted by Crippen LogP contribution is -2.56. The minimum Gasteiger partial charge on any atom is -0.480 e. The largest absolute Gasteiger partial charge is 0.480 e. The number of aliphatic carboxylic acids is 1. The SMILES string of the molecule is CCN(C)S(=O)(=O)NC1CC(N(CC(=O)O)CC2CC2)C1. The highest BCUT2D eigenvalue weighted by molar-refractivity contribution is 7.87. The number of carboxylic acids is 1. The summed E-state index contributed by atoms with van der Waals surface area (Å²) in [7, 11) is -1.86. The molecule has 122 valence electrons. The predicted octanol–water partition coefficient (Wildman–Crippen LogP) is 0.100. The van der Waals surface area contributed by atoms with Crippen LogP contribution in [0.3, 0.4) is 0 Å². The van der Waals surface area contributed by atoms with Crippen molar-refractivity contribution in [3.63, 3.8) is 0 Å². The first kappa shape index (κ1) is 16.7.